The van der Waals surface area contributed by atoms with Crippen LogP contribution in [0, 0.1) is 13.5 Å². The van der Waals surface area contributed by atoms with Crippen LogP contribution in [0.1, 0.15) is 11.1 Å². The fourth-order valence-electron chi connectivity index (χ4n) is 1.41. The van der Waals surface area contributed by atoms with E-state index in [4.69, 9.17) is 11.7 Å². The summed E-state index contributed by atoms with van der Waals surface area (Å²) in [5, 5.41) is 8.80. The van der Waals surface area contributed by atoms with Gasteiger partial charge in [0.25, 0.3) is 5.70 Å². The van der Waals surface area contributed by atoms with Gasteiger partial charge < -0.3 is 5.11 Å². The Morgan fingerprint density at radius 1 is 1.47 bits per heavy atom. The molecule has 0 atom stereocenters. The third-order valence-electron chi connectivity index (χ3n) is 2.28. The fraction of sp³-hybridized carbons (Fsp3) is 0.0909. The maximum Gasteiger partial charge on any atom is 0.333 e. The number of aliphatic carboxylic acids is 1. The molecule has 1 aromatic heterocycles. The third-order valence-corrected chi connectivity index (χ3v) is 2.81. The van der Waals surface area contributed by atoms with Gasteiger partial charge in [0, 0.05) is 0 Å². The maximum atomic E-state index is 10.8. The summed E-state index contributed by atoms with van der Waals surface area (Å²) >= 11 is 1.07. The molecule has 0 amide bonds. The molecule has 1 N–H and O–H groups in total. The second-order valence-corrected chi connectivity index (χ2v) is 3.91. The minimum absolute atomic E-state index is 0.330. The summed E-state index contributed by atoms with van der Waals surface area (Å²) in [6.07, 6.45) is 1.32. The molecule has 5 nitrogen and oxygen atoms in total. The van der Waals surface area contributed by atoms with E-state index in [0.29, 0.717) is 11.1 Å². The summed E-state index contributed by atoms with van der Waals surface area (Å²) in [6, 6.07) is 3.58. The molecular formula is C11H7N3O2S. The Labute approximate surface area is 101 Å². The highest BCUT2D eigenvalue weighted by Gasteiger charge is 2.10. The van der Waals surface area contributed by atoms with Gasteiger partial charge in [0.2, 0.25) is 0 Å². The molecule has 0 spiro atoms. The van der Waals surface area contributed by atoms with Crippen LogP contribution < -0.4 is 0 Å². The van der Waals surface area contributed by atoms with Gasteiger partial charge in [-0.3, -0.25) is 4.79 Å². The monoisotopic (exact) mass is 245 g/mol. The van der Waals surface area contributed by atoms with Crippen molar-refractivity contribution in [1.29, 1.82) is 0 Å². The van der Waals surface area contributed by atoms with Gasteiger partial charge in [-0.25, -0.2) is 4.85 Å². The van der Waals surface area contributed by atoms with Crippen molar-refractivity contribution in [3.05, 3.63) is 40.4 Å². The average Bonchev–Trinajstić information content (AvgIpc) is 2.78. The first kappa shape index (κ1) is 11.2. The molecule has 6 heteroatoms. The van der Waals surface area contributed by atoms with Crippen molar-refractivity contribution < 1.29 is 9.90 Å². The number of aromatic nitrogens is 2. The van der Waals surface area contributed by atoms with E-state index in [1.54, 1.807) is 6.07 Å². The molecule has 17 heavy (non-hydrogen) atoms. The average molecular weight is 245 g/mol. The SMILES string of the molecule is [C-]#[N+]/C(=C\c1ccc(C)c2nsnc12)C(=O)O. The zero-order valence-electron chi connectivity index (χ0n) is 8.84. The number of fused-ring (bicyclic) bond motifs is 1. The van der Waals surface area contributed by atoms with E-state index in [0.717, 1.165) is 22.8 Å². The highest BCUT2D eigenvalue weighted by atomic mass is 32.1. The Morgan fingerprint density at radius 2 is 2.18 bits per heavy atom. The lowest BCUT2D eigenvalue weighted by Gasteiger charge is -1.98. The minimum atomic E-state index is -1.24. The van der Waals surface area contributed by atoms with E-state index in [-0.39, 0.29) is 5.70 Å². The number of rotatable bonds is 2. The zero-order chi connectivity index (χ0) is 12.4. The molecule has 0 saturated heterocycles. The molecule has 0 unspecified atom stereocenters. The van der Waals surface area contributed by atoms with Crippen LogP contribution in [0.2, 0.25) is 0 Å². The van der Waals surface area contributed by atoms with Gasteiger partial charge in [-0.1, -0.05) is 12.1 Å². The predicted octanol–water partition coefficient (Wildman–Crippen LogP) is 2.34. The molecule has 2 rings (SSSR count). The molecule has 0 aliphatic rings. The lowest BCUT2D eigenvalue weighted by atomic mass is 10.1. The molecule has 0 bridgehead atoms. The van der Waals surface area contributed by atoms with E-state index in [2.05, 4.69) is 13.6 Å². The topological polar surface area (TPSA) is 67.4 Å². The number of hydrogen-bond acceptors (Lipinski definition) is 4. The van der Waals surface area contributed by atoms with Crippen LogP contribution in [0.25, 0.3) is 22.0 Å². The Kier molecular flexibility index (Phi) is 2.85. The molecule has 0 aliphatic carbocycles. The van der Waals surface area contributed by atoms with E-state index >= 15 is 0 Å². The molecule has 0 saturated carbocycles. The largest absolute Gasteiger partial charge is 0.486 e. The van der Waals surface area contributed by atoms with Gasteiger partial charge in [-0.2, -0.15) is 8.75 Å². The van der Waals surface area contributed by atoms with Crippen LogP contribution in [-0.2, 0) is 4.79 Å². The fourth-order valence-corrected chi connectivity index (χ4v) is 2.04. The van der Waals surface area contributed by atoms with Gasteiger partial charge in [-0.05, 0) is 24.1 Å². The first-order valence-electron chi connectivity index (χ1n) is 4.68. The summed E-state index contributed by atoms with van der Waals surface area (Å²) in [4.78, 5) is 13.7. The van der Waals surface area contributed by atoms with Crippen LogP contribution in [0.15, 0.2) is 17.8 Å². The Morgan fingerprint density at radius 3 is 2.82 bits per heavy atom. The number of aryl methyl sites for hydroxylation is 1. The summed E-state index contributed by atoms with van der Waals surface area (Å²) in [5.41, 5.74) is 2.64. The normalized spacial score (nSPS) is 11.4. The number of hydrogen-bond donors (Lipinski definition) is 1. The summed E-state index contributed by atoms with van der Waals surface area (Å²) in [7, 11) is 0. The Hall–Kier alpha value is -2.26. The lowest BCUT2D eigenvalue weighted by molar-refractivity contribution is -0.132. The van der Waals surface area contributed by atoms with Crippen LogP contribution >= 0.6 is 11.7 Å². The number of carboxylic acids is 1. The third kappa shape index (κ3) is 2.00. The van der Waals surface area contributed by atoms with E-state index in [9.17, 15) is 4.79 Å². The molecular weight excluding hydrogens is 238 g/mol. The van der Waals surface area contributed by atoms with Gasteiger partial charge in [0.1, 0.15) is 11.0 Å². The van der Waals surface area contributed by atoms with E-state index in [1.807, 2.05) is 13.0 Å². The van der Waals surface area contributed by atoms with Crippen molar-refractivity contribution in [1.82, 2.24) is 8.75 Å². The van der Waals surface area contributed by atoms with Crippen molar-refractivity contribution >= 4 is 34.8 Å². The Bertz CT molecular complexity index is 667. The van der Waals surface area contributed by atoms with Gasteiger partial charge in [-0.15, -0.1) is 0 Å². The maximum absolute atomic E-state index is 10.8. The number of carbonyl (C=O) groups is 1. The van der Waals surface area contributed by atoms with Crippen molar-refractivity contribution in [2.75, 3.05) is 0 Å². The van der Waals surface area contributed by atoms with Gasteiger partial charge in [0.15, 0.2) is 0 Å². The van der Waals surface area contributed by atoms with Crippen LogP contribution in [-0.4, -0.2) is 19.8 Å². The standard InChI is InChI=1S/C11H7N3O2S/c1-6-3-4-7(5-8(12-2)11(15)16)10-9(6)13-17-14-10/h3-5H,1H3,(H,15,16)/b8-5-. The van der Waals surface area contributed by atoms with E-state index in [1.165, 1.54) is 6.08 Å². The molecule has 0 radical (unpaired) electrons. The van der Waals surface area contributed by atoms with Crippen LogP contribution in [0.5, 0.6) is 0 Å². The molecule has 1 heterocycles. The molecule has 1 aromatic carbocycles. The highest BCUT2D eigenvalue weighted by molar-refractivity contribution is 7.00. The van der Waals surface area contributed by atoms with Crippen molar-refractivity contribution in [2.24, 2.45) is 0 Å². The van der Waals surface area contributed by atoms with Crippen molar-refractivity contribution in [3.63, 3.8) is 0 Å². The quantitative estimate of drug-likeness (QED) is 0.651. The predicted molar refractivity (Wildman–Crippen MR) is 64.4 cm³/mol. The van der Waals surface area contributed by atoms with Crippen LogP contribution in [0.4, 0.5) is 0 Å². The first-order valence-corrected chi connectivity index (χ1v) is 5.41. The van der Waals surface area contributed by atoms with Gasteiger partial charge >= 0.3 is 5.97 Å². The Balaban J connectivity index is 2.65. The highest BCUT2D eigenvalue weighted by Crippen LogP contribution is 2.22. The number of carboxylic acid groups (broad SMARTS) is 1. The van der Waals surface area contributed by atoms with Gasteiger partial charge in [0.05, 0.1) is 18.3 Å². The second-order valence-electron chi connectivity index (χ2n) is 3.38. The summed E-state index contributed by atoms with van der Waals surface area (Å²) in [5.74, 6) is -1.24. The smallest absolute Gasteiger partial charge is 0.333 e. The second kappa shape index (κ2) is 4.31. The lowest BCUT2D eigenvalue weighted by Crippen LogP contribution is -1.95. The first-order chi connectivity index (χ1) is 8.13. The molecule has 2 aromatic rings. The van der Waals surface area contributed by atoms with E-state index < -0.39 is 5.97 Å². The van der Waals surface area contributed by atoms with Crippen molar-refractivity contribution in [2.45, 2.75) is 6.92 Å². The summed E-state index contributed by atoms with van der Waals surface area (Å²) < 4.78 is 8.25. The molecule has 84 valence electrons. The number of benzene rings is 1. The molecule has 0 aliphatic heterocycles. The van der Waals surface area contributed by atoms with Crippen molar-refractivity contribution in [3.8, 4) is 0 Å². The zero-order valence-corrected chi connectivity index (χ0v) is 9.65. The molecule has 0 fully saturated rings. The summed E-state index contributed by atoms with van der Waals surface area (Å²) in [6.45, 7) is 8.70. The minimum Gasteiger partial charge on any atom is -0.486 e. The van der Waals surface area contributed by atoms with Crippen LogP contribution in [0.3, 0.4) is 0 Å². The number of nitrogens with zero attached hydrogens (tertiary/aromatic N) is 3.